The fraction of sp³-hybridized carbons (Fsp3) is 0.310. The second kappa shape index (κ2) is 11.5. The lowest BCUT2D eigenvalue weighted by atomic mass is 9.87. The van der Waals surface area contributed by atoms with Crippen molar-refractivity contribution in [3.05, 3.63) is 93.0 Å². The molecule has 1 heterocycles. The maximum Gasteiger partial charge on any atom is 0.273 e. The Kier molecular flexibility index (Phi) is 8.42. The van der Waals surface area contributed by atoms with Crippen molar-refractivity contribution < 1.29 is 14.3 Å². The molecule has 8 heteroatoms. The van der Waals surface area contributed by atoms with Gasteiger partial charge in [0.2, 0.25) is 5.60 Å². The Labute approximate surface area is 227 Å². The first-order chi connectivity index (χ1) is 17.7. The van der Waals surface area contributed by atoms with Crippen LogP contribution in [0.15, 0.2) is 60.7 Å². The molecule has 1 aliphatic heterocycles. The van der Waals surface area contributed by atoms with Crippen molar-refractivity contribution in [3.8, 4) is 5.75 Å². The first-order valence-corrected chi connectivity index (χ1v) is 13.1. The molecule has 0 saturated heterocycles. The van der Waals surface area contributed by atoms with Crippen LogP contribution in [0.2, 0.25) is 10.0 Å². The summed E-state index contributed by atoms with van der Waals surface area (Å²) < 4.78 is 6.79. The minimum Gasteiger partial charge on any atom is -0.471 e. The average molecular weight is 540 g/mol. The Morgan fingerprint density at radius 2 is 1.78 bits per heavy atom. The molecule has 1 unspecified atom stereocenters. The number of hydrogen-bond donors (Lipinski definition) is 3. The number of fused-ring (bicyclic) bond motifs is 1. The third kappa shape index (κ3) is 5.77. The number of hydrogen-bond acceptors (Lipinski definition) is 4. The van der Waals surface area contributed by atoms with Crippen LogP contribution in [0.1, 0.15) is 53.2 Å². The number of ether oxygens (including phenoxy) is 1. The summed E-state index contributed by atoms with van der Waals surface area (Å²) in [7, 11) is 1.87. The summed E-state index contributed by atoms with van der Waals surface area (Å²) in [6, 6.07) is 18.1. The molecular weight excluding hydrogens is 509 g/mol. The zero-order valence-electron chi connectivity index (χ0n) is 21.2. The van der Waals surface area contributed by atoms with Crippen molar-refractivity contribution in [2.45, 2.75) is 38.2 Å². The van der Waals surface area contributed by atoms with Gasteiger partial charge in [0, 0.05) is 28.6 Å². The Hall–Kier alpha value is -3.06. The smallest absolute Gasteiger partial charge is 0.273 e. The van der Waals surface area contributed by atoms with Gasteiger partial charge in [-0.2, -0.15) is 0 Å². The molecule has 1 aliphatic rings. The molecule has 6 nitrogen and oxygen atoms in total. The van der Waals surface area contributed by atoms with Gasteiger partial charge in [0.05, 0.1) is 11.3 Å². The van der Waals surface area contributed by atoms with E-state index in [4.69, 9.17) is 27.9 Å². The zero-order chi connectivity index (χ0) is 26.6. The number of carbonyl (C=O) groups excluding carboxylic acids is 2. The standard InChI is InChI=1S/C29H31Cl2N3O3/c1-18(2)22-9-5-10-23(27(35)33-14-6-13-32-3)26(22)37-29(17-19-7-4-8-20(30)15-19)24-12-11-21(31)16-25(24)34-28(29)36/h4-5,7-12,15-16,18,32H,6,13-14,17H2,1-3H3,(H,33,35)(H,34,36). The highest BCUT2D eigenvalue weighted by Crippen LogP contribution is 2.45. The monoisotopic (exact) mass is 539 g/mol. The average Bonchev–Trinajstić information content (AvgIpc) is 3.11. The molecule has 0 aliphatic carbocycles. The van der Waals surface area contributed by atoms with Crippen molar-refractivity contribution in [1.82, 2.24) is 10.6 Å². The van der Waals surface area contributed by atoms with Crippen LogP contribution in [-0.2, 0) is 16.8 Å². The quantitative estimate of drug-likeness (QED) is 0.279. The van der Waals surface area contributed by atoms with Gasteiger partial charge in [-0.15, -0.1) is 0 Å². The van der Waals surface area contributed by atoms with Crippen LogP contribution in [0.5, 0.6) is 5.75 Å². The van der Waals surface area contributed by atoms with Crippen LogP contribution in [0.4, 0.5) is 5.69 Å². The molecule has 194 valence electrons. The summed E-state index contributed by atoms with van der Waals surface area (Å²) in [4.78, 5) is 27.1. The van der Waals surface area contributed by atoms with Gasteiger partial charge in [-0.3, -0.25) is 9.59 Å². The Morgan fingerprint density at radius 3 is 2.51 bits per heavy atom. The third-order valence-electron chi connectivity index (χ3n) is 6.45. The third-order valence-corrected chi connectivity index (χ3v) is 6.92. The second-order valence-electron chi connectivity index (χ2n) is 9.47. The predicted molar refractivity (Wildman–Crippen MR) is 149 cm³/mol. The van der Waals surface area contributed by atoms with Crippen molar-refractivity contribution in [1.29, 1.82) is 0 Å². The highest BCUT2D eigenvalue weighted by molar-refractivity contribution is 6.31. The predicted octanol–water partition coefficient (Wildman–Crippen LogP) is 5.93. The number of benzene rings is 3. The van der Waals surface area contributed by atoms with E-state index in [1.807, 2.05) is 51.2 Å². The van der Waals surface area contributed by atoms with E-state index in [1.165, 1.54) is 0 Å². The molecule has 4 rings (SSSR count). The minimum absolute atomic E-state index is 0.0458. The Bertz CT molecular complexity index is 1310. The summed E-state index contributed by atoms with van der Waals surface area (Å²) in [6.45, 7) is 5.37. The molecule has 3 aromatic carbocycles. The van der Waals surface area contributed by atoms with Crippen LogP contribution in [0.25, 0.3) is 0 Å². The first-order valence-electron chi connectivity index (χ1n) is 12.4. The number of rotatable bonds is 10. The fourth-order valence-electron chi connectivity index (χ4n) is 4.60. The summed E-state index contributed by atoms with van der Waals surface area (Å²) in [5, 5.41) is 10.1. The summed E-state index contributed by atoms with van der Waals surface area (Å²) in [5.74, 6) is -0.141. The summed E-state index contributed by atoms with van der Waals surface area (Å²) >= 11 is 12.5. The van der Waals surface area contributed by atoms with Crippen LogP contribution in [0, 0.1) is 0 Å². The summed E-state index contributed by atoms with van der Waals surface area (Å²) in [6.07, 6.45) is 1.00. The van der Waals surface area contributed by atoms with Gasteiger partial charge in [0.1, 0.15) is 5.75 Å². The van der Waals surface area contributed by atoms with Gasteiger partial charge >= 0.3 is 0 Å². The molecule has 0 fully saturated rings. The number of carbonyl (C=O) groups is 2. The van der Waals surface area contributed by atoms with Gasteiger partial charge in [-0.1, -0.05) is 67.4 Å². The van der Waals surface area contributed by atoms with Crippen LogP contribution in [0.3, 0.4) is 0 Å². The highest BCUT2D eigenvalue weighted by Gasteiger charge is 2.50. The molecule has 0 radical (unpaired) electrons. The largest absolute Gasteiger partial charge is 0.471 e. The Morgan fingerprint density at radius 1 is 1.03 bits per heavy atom. The minimum atomic E-state index is -1.43. The molecule has 3 aromatic rings. The van der Waals surface area contributed by atoms with E-state index in [2.05, 4.69) is 16.0 Å². The van der Waals surface area contributed by atoms with Crippen LogP contribution >= 0.6 is 23.2 Å². The van der Waals surface area contributed by atoms with E-state index in [9.17, 15) is 9.59 Å². The van der Waals surface area contributed by atoms with E-state index < -0.39 is 5.60 Å². The number of anilines is 1. The number of halogens is 2. The fourth-order valence-corrected chi connectivity index (χ4v) is 4.99. The van der Waals surface area contributed by atoms with Gasteiger partial charge in [0.15, 0.2) is 0 Å². The lowest BCUT2D eigenvalue weighted by molar-refractivity contribution is -0.131. The van der Waals surface area contributed by atoms with Gasteiger partial charge < -0.3 is 20.7 Å². The molecule has 2 amide bonds. The number of nitrogens with one attached hydrogen (secondary N) is 3. The van der Waals surface area contributed by atoms with Crippen molar-refractivity contribution in [2.24, 2.45) is 0 Å². The van der Waals surface area contributed by atoms with E-state index in [0.717, 1.165) is 24.1 Å². The highest BCUT2D eigenvalue weighted by atomic mass is 35.5. The molecule has 0 saturated carbocycles. The molecule has 0 bridgehead atoms. The second-order valence-corrected chi connectivity index (χ2v) is 10.3. The van der Waals surface area contributed by atoms with Gasteiger partial charge in [-0.25, -0.2) is 0 Å². The van der Waals surface area contributed by atoms with Crippen molar-refractivity contribution in [3.63, 3.8) is 0 Å². The summed E-state index contributed by atoms with van der Waals surface area (Å²) in [5.41, 5.74) is 1.85. The van der Waals surface area contributed by atoms with Crippen molar-refractivity contribution >= 4 is 40.7 Å². The maximum absolute atomic E-state index is 13.7. The molecular formula is C29H31Cl2N3O3. The Balaban J connectivity index is 1.83. The lowest BCUT2D eigenvalue weighted by Crippen LogP contribution is -2.43. The van der Waals surface area contributed by atoms with Crippen molar-refractivity contribution in [2.75, 3.05) is 25.5 Å². The van der Waals surface area contributed by atoms with Gasteiger partial charge in [-0.05, 0) is 67.4 Å². The van der Waals surface area contributed by atoms with E-state index in [0.29, 0.717) is 39.2 Å². The molecule has 0 aromatic heterocycles. The lowest BCUT2D eigenvalue weighted by Gasteiger charge is -2.31. The first kappa shape index (κ1) is 27.0. The SMILES string of the molecule is CNCCCNC(=O)c1cccc(C(C)C)c1OC1(Cc2cccc(Cl)c2)C(=O)Nc2cc(Cl)ccc21. The number of para-hydroxylation sites is 1. The van der Waals surface area contributed by atoms with Gasteiger partial charge in [0.25, 0.3) is 11.8 Å². The van der Waals surface area contributed by atoms with Crippen LogP contribution < -0.4 is 20.7 Å². The normalized spacial score (nSPS) is 16.4. The maximum atomic E-state index is 13.7. The van der Waals surface area contributed by atoms with E-state index in [1.54, 1.807) is 30.3 Å². The topological polar surface area (TPSA) is 79.5 Å². The number of amides is 2. The molecule has 1 atom stereocenters. The van der Waals surface area contributed by atoms with E-state index >= 15 is 0 Å². The van der Waals surface area contributed by atoms with E-state index in [-0.39, 0.29) is 24.2 Å². The molecule has 37 heavy (non-hydrogen) atoms. The van der Waals surface area contributed by atoms with Crippen LogP contribution in [-0.4, -0.2) is 32.0 Å². The molecule has 3 N–H and O–H groups in total. The zero-order valence-corrected chi connectivity index (χ0v) is 22.7. The molecule has 0 spiro atoms.